The summed E-state index contributed by atoms with van der Waals surface area (Å²) in [5, 5.41) is 0. The van der Waals surface area contributed by atoms with Crippen LogP contribution in [0.2, 0.25) is 0 Å². The van der Waals surface area contributed by atoms with Gasteiger partial charge in [-0.2, -0.15) is 0 Å². The van der Waals surface area contributed by atoms with Crippen molar-refractivity contribution in [1.82, 2.24) is 0 Å². The monoisotopic (exact) mass is 254 g/mol. The second-order valence-corrected chi connectivity index (χ2v) is 4.25. The fourth-order valence-electron chi connectivity index (χ4n) is 1.64. The first-order valence-corrected chi connectivity index (χ1v) is 6.51. The second-order valence-electron chi connectivity index (χ2n) is 4.25. The number of ether oxygens (including phenoxy) is 2. The summed E-state index contributed by atoms with van der Waals surface area (Å²) < 4.78 is 15.5. The van der Waals surface area contributed by atoms with Crippen LogP contribution in [0.15, 0.2) is 21.5 Å². The Kier molecular flexibility index (Phi) is 7.18. The van der Waals surface area contributed by atoms with Gasteiger partial charge in [-0.25, -0.2) is 0 Å². The van der Waals surface area contributed by atoms with Crippen LogP contribution >= 0.6 is 0 Å². The third kappa shape index (κ3) is 5.36. The Morgan fingerprint density at radius 2 is 2.00 bits per heavy atom. The quantitative estimate of drug-likeness (QED) is 0.635. The minimum atomic E-state index is -0.176. The summed E-state index contributed by atoms with van der Waals surface area (Å²) in [5.74, 6) is 0.757. The smallest absolute Gasteiger partial charge is 0.227 e. The number of hydrogen-bond donors (Lipinski definition) is 0. The molecule has 18 heavy (non-hydrogen) atoms. The van der Waals surface area contributed by atoms with Gasteiger partial charge in [-0.05, 0) is 6.42 Å². The van der Waals surface area contributed by atoms with E-state index in [1.807, 2.05) is 0 Å². The summed E-state index contributed by atoms with van der Waals surface area (Å²) in [6.45, 7) is 3.24. The predicted octanol–water partition coefficient (Wildman–Crippen LogP) is 3.14. The number of rotatable bonds is 9. The van der Waals surface area contributed by atoms with Crippen molar-refractivity contribution in [2.45, 2.75) is 45.6 Å². The lowest BCUT2D eigenvalue weighted by Crippen LogP contribution is -2.06. The maximum absolute atomic E-state index is 11.4. The lowest BCUT2D eigenvalue weighted by atomic mass is 10.2. The van der Waals surface area contributed by atoms with Gasteiger partial charge in [0.05, 0.1) is 7.11 Å². The van der Waals surface area contributed by atoms with Crippen molar-refractivity contribution >= 4 is 0 Å². The van der Waals surface area contributed by atoms with E-state index in [2.05, 4.69) is 6.92 Å². The van der Waals surface area contributed by atoms with E-state index >= 15 is 0 Å². The van der Waals surface area contributed by atoms with Gasteiger partial charge in [0.2, 0.25) is 11.2 Å². The molecular formula is C14H22O4. The molecular weight excluding hydrogens is 232 g/mol. The van der Waals surface area contributed by atoms with Crippen molar-refractivity contribution in [3.05, 3.63) is 28.3 Å². The normalized spacial score (nSPS) is 10.6. The van der Waals surface area contributed by atoms with Crippen molar-refractivity contribution in [3.8, 4) is 5.75 Å². The molecule has 1 aromatic heterocycles. The van der Waals surface area contributed by atoms with E-state index in [1.165, 1.54) is 45.1 Å². The highest BCUT2D eigenvalue weighted by atomic mass is 16.5. The Morgan fingerprint density at radius 1 is 1.22 bits per heavy atom. The number of unbranched alkanes of at least 4 members (excludes halogenated alkanes) is 4. The Hall–Kier alpha value is -1.29. The molecule has 102 valence electrons. The highest BCUT2D eigenvalue weighted by Crippen LogP contribution is 2.07. The minimum Gasteiger partial charge on any atom is -0.490 e. The summed E-state index contributed by atoms with van der Waals surface area (Å²) in [6, 6.07) is 1.41. The SMILES string of the molecule is CCCCCCCOCc1cc(=O)c(OC)co1. The van der Waals surface area contributed by atoms with Crippen molar-refractivity contribution < 1.29 is 13.9 Å². The van der Waals surface area contributed by atoms with Gasteiger partial charge in [-0.15, -0.1) is 0 Å². The molecule has 0 bridgehead atoms. The van der Waals surface area contributed by atoms with Crippen LogP contribution in [0.3, 0.4) is 0 Å². The van der Waals surface area contributed by atoms with E-state index in [1.54, 1.807) is 0 Å². The Labute approximate surface area is 108 Å². The van der Waals surface area contributed by atoms with Crippen LogP contribution in [0.4, 0.5) is 0 Å². The molecule has 4 heteroatoms. The van der Waals surface area contributed by atoms with E-state index in [-0.39, 0.29) is 11.2 Å². The molecule has 0 aliphatic carbocycles. The van der Waals surface area contributed by atoms with E-state index in [0.29, 0.717) is 19.0 Å². The van der Waals surface area contributed by atoms with Crippen LogP contribution in [-0.2, 0) is 11.3 Å². The fourth-order valence-corrected chi connectivity index (χ4v) is 1.64. The van der Waals surface area contributed by atoms with Gasteiger partial charge in [0.25, 0.3) is 0 Å². The third-order valence-electron chi connectivity index (χ3n) is 2.71. The maximum Gasteiger partial charge on any atom is 0.227 e. The molecule has 0 aromatic carbocycles. The largest absolute Gasteiger partial charge is 0.490 e. The van der Waals surface area contributed by atoms with Crippen molar-refractivity contribution in [2.24, 2.45) is 0 Å². The molecule has 0 spiro atoms. The highest BCUT2D eigenvalue weighted by molar-refractivity contribution is 5.16. The van der Waals surface area contributed by atoms with Gasteiger partial charge in [-0.3, -0.25) is 4.79 Å². The lowest BCUT2D eigenvalue weighted by Gasteiger charge is -2.04. The van der Waals surface area contributed by atoms with Crippen LogP contribution in [0.25, 0.3) is 0 Å². The molecule has 0 N–H and O–H groups in total. The molecule has 0 aliphatic heterocycles. The van der Waals surface area contributed by atoms with Crippen LogP contribution in [0.1, 0.15) is 44.8 Å². The summed E-state index contributed by atoms with van der Waals surface area (Å²) in [7, 11) is 1.44. The predicted molar refractivity (Wildman–Crippen MR) is 69.9 cm³/mol. The zero-order valence-electron chi connectivity index (χ0n) is 11.2. The molecule has 1 rings (SSSR count). The molecule has 0 aliphatic rings. The summed E-state index contributed by atoms with van der Waals surface area (Å²) >= 11 is 0. The average Bonchev–Trinajstić information content (AvgIpc) is 2.38. The minimum absolute atomic E-state index is 0.176. The Balaban J connectivity index is 2.19. The first kappa shape index (κ1) is 14.8. The first-order chi connectivity index (χ1) is 8.77. The molecule has 4 nitrogen and oxygen atoms in total. The molecule has 0 fully saturated rings. The van der Waals surface area contributed by atoms with Crippen molar-refractivity contribution in [1.29, 1.82) is 0 Å². The fraction of sp³-hybridized carbons (Fsp3) is 0.643. The van der Waals surface area contributed by atoms with Crippen LogP contribution in [-0.4, -0.2) is 13.7 Å². The summed E-state index contributed by atoms with van der Waals surface area (Å²) in [6.07, 6.45) is 7.37. The van der Waals surface area contributed by atoms with Gasteiger partial charge in [0.1, 0.15) is 18.6 Å². The number of methoxy groups -OCH3 is 1. The van der Waals surface area contributed by atoms with Gasteiger partial charge in [0, 0.05) is 12.7 Å². The van der Waals surface area contributed by atoms with E-state index < -0.39 is 0 Å². The van der Waals surface area contributed by atoms with Gasteiger partial charge in [-0.1, -0.05) is 32.6 Å². The van der Waals surface area contributed by atoms with E-state index in [4.69, 9.17) is 13.9 Å². The maximum atomic E-state index is 11.4. The average molecular weight is 254 g/mol. The second kappa shape index (κ2) is 8.75. The summed E-state index contributed by atoms with van der Waals surface area (Å²) in [5.41, 5.74) is -0.176. The van der Waals surface area contributed by atoms with Crippen molar-refractivity contribution in [2.75, 3.05) is 13.7 Å². The highest BCUT2D eigenvalue weighted by Gasteiger charge is 2.03. The van der Waals surface area contributed by atoms with Gasteiger partial charge < -0.3 is 13.9 Å². The summed E-state index contributed by atoms with van der Waals surface area (Å²) in [4.78, 5) is 11.4. The Morgan fingerprint density at radius 3 is 2.67 bits per heavy atom. The molecule has 0 saturated heterocycles. The zero-order valence-corrected chi connectivity index (χ0v) is 11.2. The third-order valence-corrected chi connectivity index (χ3v) is 2.71. The van der Waals surface area contributed by atoms with Gasteiger partial charge in [0.15, 0.2) is 0 Å². The topological polar surface area (TPSA) is 48.7 Å². The van der Waals surface area contributed by atoms with Crippen LogP contribution < -0.4 is 10.2 Å². The van der Waals surface area contributed by atoms with Crippen LogP contribution in [0.5, 0.6) is 5.75 Å². The van der Waals surface area contributed by atoms with E-state index in [0.717, 1.165) is 6.42 Å². The lowest BCUT2D eigenvalue weighted by molar-refractivity contribution is 0.101. The molecule has 1 aromatic rings. The molecule has 1 heterocycles. The standard InChI is InChI=1S/C14H22O4/c1-3-4-5-6-7-8-17-10-12-9-13(15)14(16-2)11-18-12/h9,11H,3-8,10H2,1-2H3. The molecule has 0 saturated carbocycles. The first-order valence-electron chi connectivity index (χ1n) is 6.51. The molecule has 0 atom stereocenters. The molecule has 0 unspecified atom stereocenters. The van der Waals surface area contributed by atoms with Gasteiger partial charge >= 0.3 is 0 Å². The molecule has 0 amide bonds. The van der Waals surface area contributed by atoms with Crippen LogP contribution in [0, 0.1) is 0 Å². The molecule has 0 radical (unpaired) electrons. The van der Waals surface area contributed by atoms with Crippen molar-refractivity contribution in [3.63, 3.8) is 0 Å². The Bertz CT molecular complexity index is 384. The van der Waals surface area contributed by atoms with E-state index in [9.17, 15) is 4.79 Å². The number of hydrogen-bond acceptors (Lipinski definition) is 4. The zero-order chi connectivity index (χ0) is 13.2.